The molecular formula is C20H21N3O3S. The van der Waals surface area contributed by atoms with Crippen LogP contribution in [-0.4, -0.2) is 36.5 Å². The topological polar surface area (TPSA) is 65.4 Å². The van der Waals surface area contributed by atoms with Crippen molar-refractivity contribution in [2.24, 2.45) is 0 Å². The van der Waals surface area contributed by atoms with Gasteiger partial charge in [0, 0.05) is 29.9 Å². The number of carbonyl (C=O) groups excluding carboxylic acids is 1. The summed E-state index contributed by atoms with van der Waals surface area (Å²) >= 11 is 1.64. The van der Waals surface area contributed by atoms with E-state index >= 15 is 0 Å². The summed E-state index contributed by atoms with van der Waals surface area (Å²) in [6.07, 6.45) is 6.89. The molecule has 0 spiro atoms. The second-order valence-electron chi connectivity index (χ2n) is 5.71. The van der Waals surface area contributed by atoms with Gasteiger partial charge in [-0.05, 0) is 41.3 Å². The van der Waals surface area contributed by atoms with Crippen LogP contribution in [0.3, 0.4) is 0 Å². The van der Waals surface area contributed by atoms with Crippen molar-refractivity contribution < 1.29 is 14.3 Å². The average Bonchev–Trinajstić information content (AvgIpc) is 3.41. The third kappa shape index (κ3) is 4.77. The predicted octanol–water partition coefficient (Wildman–Crippen LogP) is 3.38. The highest BCUT2D eigenvalue weighted by Gasteiger charge is 2.15. The van der Waals surface area contributed by atoms with Crippen LogP contribution in [0.4, 0.5) is 0 Å². The van der Waals surface area contributed by atoms with Crippen LogP contribution in [0.5, 0.6) is 11.5 Å². The number of nitrogens with one attached hydrogen (secondary N) is 1. The Bertz CT molecular complexity index is 855. The number of thiophene rings is 1. The lowest BCUT2D eigenvalue weighted by Crippen LogP contribution is -2.30. The van der Waals surface area contributed by atoms with E-state index in [1.165, 1.54) is 6.08 Å². The van der Waals surface area contributed by atoms with Crippen molar-refractivity contribution >= 4 is 23.3 Å². The number of nitrogens with zero attached hydrogens (tertiary/aromatic N) is 2. The summed E-state index contributed by atoms with van der Waals surface area (Å²) in [4.78, 5) is 13.4. The summed E-state index contributed by atoms with van der Waals surface area (Å²) in [5.74, 6) is 1.10. The largest absolute Gasteiger partial charge is 0.493 e. The van der Waals surface area contributed by atoms with Crippen LogP contribution in [0.1, 0.15) is 16.5 Å². The minimum atomic E-state index is -0.168. The van der Waals surface area contributed by atoms with E-state index in [1.54, 1.807) is 43.9 Å². The van der Waals surface area contributed by atoms with Gasteiger partial charge >= 0.3 is 0 Å². The second kappa shape index (κ2) is 9.05. The van der Waals surface area contributed by atoms with E-state index in [0.717, 1.165) is 10.4 Å². The van der Waals surface area contributed by atoms with Crippen LogP contribution in [0.15, 0.2) is 60.2 Å². The molecule has 2 aromatic heterocycles. The monoisotopic (exact) mass is 383 g/mol. The lowest BCUT2D eigenvalue weighted by atomic mass is 10.2. The normalized spacial score (nSPS) is 12.1. The molecule has 1 unspecified atom stereocenters. The Labute approximate surface area is 162 Å². The number of hydrogen-bond donors (Lipinski definition) is 1. The van der Waals surface area contributed by atoms with Gasteiger partial charge < -0.3 is 14.8 Å². The van der Waals surface area contributed by atoms with Gasteiger partial charge in [-0.2, -0.15) is 5.10 Å². The van der Waals surface area contributed by atoms with Crippen molar-refractivity contribution in [1.29, 1.82) is 0 Å². The first-order valence-corrected chi connectivity index (χ1v) is 9.29. The molecule has 27 heavy (non-hydrogen) atoms. The molecule has 0 aliphatic heterocycles. The van der Waals surface area contributed by atoms with E-state index in [0.29, 0.717) is 18.0 Å². The zero-order valence-corrected chi connectivity index (χ0v) is 16.0. The van der Waals surface area contributed by atoms with Gasteiger partial charge in [-0.3, -0.25) is 9.48 Å². The van der Waals surface area contributed by atoms with Crippen LogP contribution < -0.4 is 14.8 Å². The Balaban J connectivity index is 1.64. The smallest absolute Gasteiger partial charge is 0.244 e. The molecule has 0 fully saturated rings. The highest BCUT2D eigenvalue weighted by atomic mass is 32.1. The number of rotatable bonds is 8. The number of benzene rings is 1. The van der Waals surface area contributed by atoms with E-state index in [1.807, 2.05) is 46.6 Å². The number of methoxy groups -OCH3 is 2. The molecule has 0 aliphatic carbocycles. The highest BCUT2D eigenvalue weighted by Crippen LogP contribution is 2.28. The van der Waals surface area contributed by atoms with Crippen molar-refractivity contribution in [2.45, 2.75) is 6.04 Å². The molecule has 3 aromatic rings. The summed E-state index contributed by atoms with van der Waals surface area (Å²) < 4.78 is 12.3. The van der Waals surface area contributed by atoms with E-state index in [2.05, 4.69) is 10.4 Å². The van der Waals surface area contributed by atoms with Crippen molar-refractivity contribution in [1.82, 2.24) is 15.1 Å². The van der Waals surface area contributed by atoms with Crippen LogP contribution >= 0.6 is 11.3 Å². The van der Waals surface area contributed by atoms with Gasteiger partial charge in [0.1, 0.15) is 6.04 Å². The molecule has 6 nitrogen and oxygen atoms in total. The minimum absolute atomic E-state index is 0.0292. The first kappa shape index (κ1) is 18.7. The maximum absolute atomic E-state index is 12.3. The van der Waals surface area contributed by atoms with Gasteiger partial charge in [0.05, 0.1) is 14.2 Å². The maximum Gasteiger partial charge on any atom is 0.244 e. The standard InChI is InChI=1S/C20H21N3O3S/c1-25-17-8-6-15(13-18(17)26-2)7-9-20(24)21-14-16(19-5-3-12-27-19)23-11-4-10-22-23/h3-13,16H,14H2,1-2H3,(H,21,24)/b9-7+. The summed E-state index contributed by atoms with van der Waals surface area (Å²) in [6, 6.07) is 11.4. The third-order valence-corrected chi connectivity index (χ3v) is 4.99. The molecule has 0 radical (unpaired) electrons. The zero-order valence-electron chi connectivity index (χ0n) is 15.2. The second-order valence-corrected chi connectivity index (χ2v) is 6.69. The van der Waals surface area contributed by atoms with Crippen LogP contribution in [0.2, 0.25) is 0 Å². The van der Waals surface area contributed by atoms with E-state index in [9.17, 15) is 4.79 Å². The molecule has 0 bridgehead atoms. The zero-order chi connectivity index (χ0) is 19.1. The molecule has 140 valence electrons. The fourth-order valence-corrected chi connectivity index (χ4v) is 3.47. The van der Waals surface area contributed by atoms with Gasteiger partial charge in [-0.15, -0.1) is 11.3 Å². The Kier molecular flexibility index (Phi) is 6.27. The van der Waals surface area contributed by atoms with Gasteiger partial charge in [0.2, 0.25) is 5.91 Å². The Hall–Kier alpha value is -3.06. The fraction of sp³-hybridized carbons (Fsp3) is 0.200. The first-order valence-electron chi connectivity index (χ1n) is 8.41. The quantitative estimate of drug-likeness (QED) is 0.606. The molecule has 0 saturated carbocycles. The number of ether oxygens (including phenoxy) is 2. The molecule has 1 atom stereocenters. The maximum atomic E-state index is 12.3. The predicted molar refractivity (Wildman–Crippen MR) is 106 cm³/mol. The molecule has 0 saturated heterocycles. The summed E-state index contributed by atoms with van der Waals surface area (Å²) in [5, 5.41) is 9.27. The Morgan fingerprint density at radius 3 is 2.78 bits per heavy atom. The number of hydrogen-bond acceptors (Lipinski definition) is 5. The van der Waals surface area contributed by atoms with Crippen LogP contribution in [0.25, 0.3) is 6.08 Å². The van der Waals surface area contributed by atoms with Gasteiger partial charge in [0.15, 0.2) is 11.5 Å². The van der Waals surface area contributed by atoms with Crippen molar-refractivity contribution in [2.75, 3.05) is 20.8 Å². The van der Waals surface area contributed by atoms with Gasteiger partial charge in [-0.25, -0.2) is 0 Å². The number of carbonyl (C=O) groups is 1. The SMILES string of the molecule is COc1ccc(/C=C/C(=O)NCC(c2cccs2)n2cccn2)cc1OC. The molecule has 3 rings (SSSR count). The molecular weight excluding hydrogens is 362 g/mol. The number of amides is 1. The summed E-state index contributed by atoms with van der Waals surface area (Å²) in [5.41, 5.74) is 0.852. The lowest BCUT2D eigenvalue weighted by molar-refractivity contribution is -0.116. The molecule has 1 aromatic carbocycles. The Morgan fingerprint density at radius 1 is 1.26 bits per heavy atom. The minimum Gasteiger partial charge on any atom is -0.493 e. The molecule has 1 amide bonds. The Morgan fingerprint density at radius 2 is 2.11 bits per heavy atom. The van der Waals surface area contributed by atoms with Crippen LogP contribution in [0, 0.1) is 0 Å². The third-order valence-electron chi connectivity index (χ3n) is 4.02. The van der Waals surface area contributed by atoms with Crippen molar-refractivity contribution in [3.8, 4) is 11.5 Å². The van der Waals surface area contributed by atoms with E-state index in [4.69, 9.17) is 9.47 Å². The van der Waals surface area contributed by atoms with Gasteiger partial charge in [0.25, 0.3) is 0 Å². The molecule has 2 heterocycles. The van der Waals surface area contributed by atoms with E-state index < -0.39 is 0 Å². The number of aromatic nitrogens is 2. The molecule has 7 heteroatoms. The first-order chi connectivity index (χ1) is 13.2. The lowest BCUT2D eigenvalue weighted by Gasteiger charge is -2.16. The van der Waals surface area contributed by atoms with Crippen LogP contribution in [-0.2, 0) is 4.79 Å². The summed E-state index contributed by atoms with van der Waals surface area (Å²) in [7, 11) is 3.17. The van der Waals surface area contributed by atoms with Crippen molar-refractivity contribution in [3.63, 3.8) is 0 Å². The average molecular weight is 383 g/mol. The highest BCUT2D eigenvalue weighted by molar-refractivity contribution is 7.10. The molecule has 0 aliphatic rings. The van der Waals surface area contributed by atoms with Gasteiger partial charge in [-0.1, -0.05) is 12.1 Å². The fourth-order valence-electron chi connectivity index (χ4n) is 2.65. The molecule has 1 N–H and O–H groups in total. The summed E-state index contributed by atoms with van der Waals surface area (Å²) in [6.45, 7) is 0.456. The van der Waals surface area contributed by atoms with Crippen molar-refractivity contribution in [3.05, 3.63) is 70.7 Å². The van der Waals surface area contributed by atoms with E-state index in [-0.39, 0.29) is 11.9 Å².